The summed E-state index contributed by atoms with van der Waals surface area (Å²) in [6.45, 7) is 4.45. The van der Waals surface area contributed by atoms with E-state index in [1.165, 1.54) is 23.9 Å². The summed E-state index contributed by atoms with van der Waals surface area (Å²) in [5.41, 5.74) is 2.70. The lowest BCUT2D eigenvalue weighted by Crippen LogP contribution is -2.30. The Morgan fingerprint density at radius 3 is 2.56 bits per heavy atom. The molecule has 0 saturated carbocycles. The lowest BCUT2D eigenvalue weighted by molar-refractivity contribution is -0.124. The Hall–Kier alpha value is -2.40. The van der Waals surface area contributed by atoms with E-state index in [9.17, 15) is 9.59 Å². The summed E-state index contributed by atoms with van der Waals surface area (Å²) in [7, 11) is 0. The van der Waals surface area contributed by atoms with E-state index in [0.29, 0.717) is 12.5 Å². The normalized spacial score (nSPS) is 10.6. The first-order valence-electron chi connectivity index (χ1n) is 8.10. The number of benzene rings is 1. The Kier molecular flexibility index (Phi) is 6.95. The molecule has 25 heavy (non-hydrogen) atoms. The maximum atomic E-state index is 11.8. The SMILES string of the molecule is CC(C)c1ccc(CCNC(=O)COC(=O)c2ccnc(Cl)c2)cc1. The molecule has 0 unspecified atom stereocenters. The number of carbonyl (C=O) groups is 2. The second-order valence-corrected chi connectivity index (χ2v) is 6.33. The molecular weight excluding hydrogens is 340 g/mol. The molecule has 6 heteroatoms. The van der Waals surface area contributed by atoms with Gasteiger partial charge in [-0.15, -0.1) is 0 Å². The van der Waals surface area contributed by atoms with Crippen molar-refractivity contribution in [2.24, 2.45) is 0 Å². The summed E-state index contributed by atoms with van der Waals surface area (Å²) in [6, 6.07) is 11.2. The number of hydrogen-bond acceptors (Lipinski definition) is 4. The smallest absolute Gasteiger partial charge is 0.338 e. The van der Waals surface area contributed by atoms with Crippen molar-refractivity contribution in [1.29, 1.82) is 0 Å². The molecule has 5 nitrogen and oxygen atoms in total. The number of amides is 1. The fraction of sp³-hybridized carbons (Fsp3) is 0.316. The van der Waals surface area contributed by atoms with E-state index in [-0.39, 0.29) is 23.2 Å². The summed E-state index contributed by atoms with van der Waals surface area (Å²) >= 11 is 5.71. The van der Waals surface area contributed by atoms with Crippen LogP contribution in [-0.2, 0) is 16.0 Å². The molecule has 2 rings (SSSR count). The first kappa shape index (κ1) is 18.9. The van der Waals surface area contributed by atoms with Crippen LogP contribution in [0, 0.1) is 0 Å². The average Bonchev–Trinajstić information content (AvgIpc) is 2.60. The van der Waals surface area contributed by atoms with Gasteiger partial charge in [-0.3, -0.25) is 4.79 Å². The summed E-state index contributed by atoms with van der Waals surface area (Å²) in [6.07, 6.45) is 2.13. The topological polar surface area (TPSA) is 68.3 Å². The van der Waals surface area contributed by atoms with E-state index in [4.69, 9.17) is 16.3 Å². The van der Waals surface area contributed by atoms with Crippen LogP contribution in [0.2, 0.25) is 5.15 Å². The highest BCUT2D eigenvalue weighted by Gasteiger charge is 2.10. The van der Waals surface area contributed by atoms with Gasteiger partial charge in [-0.25, -0.2) is 9.78 Å². The summed E-state index contributed by atoms with van der Waals surface area (Å²) in [5, 5.41) is 2.93. The van der Waals surface area contributed by atoms with Crippen molar-refractivity contribution in [3.63, 3.8) is 0 Å². The quantitative estimate of drug-likeness (QED) is 0.607. The number of carbonyl (C=O) groups excluding carboxylic acids is 2. The number of nitrogens with zero attached hydrogens (tertiary/aromatic N) is 1. The van der Waals surface area contributed by atoms with Gasteiger partial charge in [-0.2, -0.15) is 0 Å². The molecule has 0 aliphatic carbocycles. The third-order valence-corrected chi connectivity index (χ3v) is 3.89. The Balaban J connectivity index is 1.71. The van der Waals surface area contributed by atoms with E-state index < -0.39 is 5.97 Å². The zero-order chi connectivity index (χ0) is 18.2. The number of pyridine rings is 1. The van der Waals surface area contributed by atoms with Gasteiger partial charge in [-0.1, -0.05) is 49.7 Å². The fourth-order valence-electron chi connectivity index (χ4n) is 2.21. The Morgan fingerprint density at radius 1 is 1.20 bits per heavy atom. The minimum absolute atomic E-state index is 0.197. The lowest BCUT2D eigenvalue weighted by Gasteiger charge is -2.08. The van der Waals surface area contributed by atoms with Crippen LogP contribution in [0.15, 0.2) is 42.6 Å². The van der Waals surface area contributed by atoms with Crippen LogP contribution < -0.4 is 5.32 Å². The fourth-order valence-corrected chi connectivity index (χ4v) is 2.38. The van der Waals surface area contributed by atoms with Crippen molar-refractivity contribution in [3.8, 4) is 0 Å². The van der Waals surface area contributed by atoms with Crippen LogP contribution in [-0.4, -0.2) is 30.0 Å². The van der Waals surface area contributed by atoms with Crippen LogP contribution in [0.4, 0.5) is 0 Å². The lowest BCUT2D eigenvalue weighted by atomic mass is 10.0. The molecule has 1 heterocycles. The predicted octanol–water partition coefficient (Wildman–Crippen LogP) is 3.37. The highest BCUT2D eigenvalue weighted by molar-refractivity contribution is 6.29. The zero-order valence-electron chi connectivity index (χ0n) is 14.3. The highest BCUT2D eigenvalue weighted by atomic mass is 35.5. The van der Waals surface area contributed by atoms with E-state index >= 15 is 0 Å². The molecule has 1 N–H and O–H groups in total. The van der Waals surface area contributed by atoms with Crippen molar-refractivity contribution in [2.45, 2.75) is 26.2 Å². The minimum Gasteiger partial charge on any atom is -0.452 e. The van der Waals surface area contributed by atoms with E-state index in [0.717, 1.165) is 12.0 Å². The summed E-state index contributed by atoms with van der Waals surface area (Å²) in [4.78, 5) is 27.3. The van der Waals surface area contributed by atoms with E-state index in [2.05, 4.69) is 48.4 Å². The van der Waals surface area contributed by atoms with Crippen LogP contribution in [0.5, 0.6) is 0 Å². The first-order valence-corrected chi connectivity index (χ1v) is 8.47. The molecule has 0 aliphatic rings. The van der Waals surface area contributed by atoms with Gasteiger partial charge in [0.2, 0.25) is 0 Å². The minimum atomic E-state index is -0.608. The molecule has 0 aliphatic heterocycles. The molecule has 2 aromatic rings. The van der Waals surface area contributed by atoms with Gasteiger partial charge in [0.1, 0.15) is 5.15 Å². The van der Waals surface area contributed by atoms with Gasteiger partial charge in [0.25, 0.3) is 5.91 Å². The van der Waals surface area contributed by atoms with Gasteiger partial charge in [0, 0.05) is 12.7 Å². The molecule has 0 bridgehead atoms. The number of aromatic nitrogens is 1. The van der Waals surface area contributed by atoms with Crippen LogP contribution >= 0.6 is 11.6 Å². The molecule has 0 radical (unpaired) electrons. The Bertz CT molecular complexity index is 730. The number of nitrogens with one attached hydrogen (secondary N) is 1. The van der Waals surface area contributed by atoms with E-state index in [1.54, 1.807) is 0 Å². The number of rotatable bonds is 7. The molecule has 0 atom stereocenters. The molecule has 1 aromatic heterocycles. The van der Waals surface area contributed by atoms with Gasteiger partial charge in [0.15, 0.2) is 6.61 Å². The average molecular weight is 361 g/mol. The second kappa shape index (κ2) is 9.18. The third kappa shape index (κ3) is 6.19. The third-order valence-electron chi connectivity index (χ3n) is 3.68. The van der Waals surface area contributed by atoms with Crippen molar-refractivity contribution >= 4 is 23.5 Å². The van der Waals surface area contributed by atoms with Crippen molar-refractivity contribution < 1.29 is 14.3 Å². The van der Waals surface area contributed by atoms with Crippen LogP contribution in [0.25, 0.3) is 0 Å². The van der Waals surface area contributed by atoms with Gasteiger partial charge in [-0.05, 0) is 35.6 Å². The van der Waals surface area contributed by atoms with Gasteiger partial charge in [0.05, 0.1) is 5.56 Å². The zero-order valence-corrected chi connectivity index (χ0v) is 15.0. The Morgan fingerprint density at radius 2 is 1.92 bits per heavy atom. The van der Waals surface area contributed by atoms with Crippen LogP contribution in [0.1, 0.15) is 41.3 Å². The largest absolute Gasteiger partial charge is 0.452 e. The maximum Gasteiger partial charge on any atom is 0.338 e. The maximum absolute atomic E-state index is 11.8. The number of ether oxygens (including phenoxy) is 1. The van der Waals surface area contributed by atoms with E-state index in [1.807, 2.05) is 0 Å². The molecule has 0 fully saturated rings. The molecular formula is C19H21ClN2O3. The predicted molar refractivity (Wildman–Crippen MR) is 96.8 cm³/mol. The molecule has 1 aromatic carbocycles. The molecule has 0 saturated heterocycles. The van der Waals surface area contributed by atoms with Crippen molar-refractivity contribution in [1.82, 2.24) is 10.3 Å². The monoisotopic (exact) mass is 360 g/mol. The Labute approximate surface area is 152 Å². The molecule has 1 amide bonds. The standard InChI is InChI=1S/C19H21ClN2O3/c1-13(2)15-5-3-14(4-6-15)7-9-22-18(23)12-25-19(24)16-8-10-21-17(20)11-16/h3-6,8,10-11,13H,7,9,12H2,1-2H3,(H,22,23). The highest BCUT2D eigenvalue weighted by Crippen LogP contribution is 2.14. The van der Waals surface area contributed by atoms with Gasteiger partial charge >= 0.3 is 5.97 Å². The summed E-state index contributed by atoms with van der Waals surface area (Å²) < 4.78 is 4.95. The van der Waals surface area contributed by atoms with Crippen molar-refractivity contribution in [3.05, 3.63) is 64.4 Å². The van der Waals surface area contributed by atoms with Crippen molar-refractivity contribution in [2.75, 3.05) is 13.2 Å². The van der Waals surface area contributed by atoms with Gasteiger partial charge < -0.3 is 10.1 Å². The summed E-state index contributed by atoms with van der Waals surface area (Å²) in [5.74, 6) is -0.449. The van der Waals surface area contributed by atoms with Crippen LogP contribution in [0.3, 0.4) is 0 Å². The number of halogens is 1. The number of esters is 1. The first-order chi connectivity index (χ1) is 12.0. The number of hydrogen-bond donors (Lipinski definition) is 1. The second-order valence-electron chi connectivity index (χ2n) is 5.94. The molecule has 132 valence electrons. The molecule has 0 spiro atoms.